The summed E-state index contributed by atoms with van der Waals surface area (Å²) in [6, 6.07) is 9.10. The highest BCUT2D eigenvalue weighted by Crippen LogP contribution is 2.14. The van der Waals surface area contributed by atoms with Crippen molar-refractivity contribution in [2.45, 2.75) is 6.54 Å². The van der Waals surface area contributed by atoms with Crippen LogP contribution in [-0.2, 0) is 13.6 Å². The van der Waals surface area contributed by atoms with E-state index in [1.807, 2.05) is 30.3 Å². The number of carboxylic acids is 1. The number of hydrogen-bond donors (Lipinski definition) is 2. The van der Waals surface area contributed by atoms with Crippen molar-refractivity contribution in [3.63, 3.8) is 0 Å². The van der Waals surface area contributed by atoms with Gasteiger partial charge in [-0.1, -0.05) is 30.3 Å². The molecule has 2 N–H and O–H groups in total. The first-order chi connectivity index (χ1) is 10.5. The van der Waals surface area contributed by atoms with Crippen molar-refractivity contribution >= 4 is 17.0 Å². The van der Waals surface area contributed by atoms with Crippen LogP contribution in [0.25, 0.3) is 11.0 Å². The van der Waals surface area contributed by atoms with Crippen molar-refractivity contribution in [2.24, 2.45) is 7.05 Å². The summed E-state index contributed by atoms with van der Waals surface area (Å²) in [5, 5.41) is 9.14. The minimum absolute atomic E-state index is 0.0503. The van der Waals surface area contributed by atoms with Gasteiger partial charge in [-0.25, -0.2) is 9.59 Å². The Balaban J connectivity index is 2.26. The minimum atomic E-state index is -1.19. The molecule has 3 rings (SSSR count). The molecule has 2 aromatic heterocycles. The number of nitrogens with one attached hydrogen (secondary N) is 1. The van der Waals surface area contributed by atoms with Crippen LogP contribution in [0, 0.1) is 0 Å². The largest absolute Gasteiger partial charge is 0.478 e. The van der Waals surface area contributed by atoms with Crippen LogP contribution in [0.2, 0.25) is 0 Å². The molecule has 0 fully saturated rings. The van der Waals surface area contributed by atoms with E-state index in [1.165, 1.54) is 10.8 Å². The first kappa shape index (κ1) is 13.9. The third-order valence-electron chi connectivity index (χ3n) is 3.52. The van der Waals surface area contributed by atoms with Crippen LogP contribution in [0.3, 0.4) is 0 Å². The van der Waals surface area contributed by atoms with E-state index in [0.29, 0.717) is 0 Å². The summed E-state index contributed by atoms with van der Waals surface area (Å²) in [6.07, 6.45) is 1.32. The van der Waals surface area contributed by atoms with E-state index in [4.69, 9.17) is 5.11 Å². The lowest BCUT2D eigenvalue weighted by atomic mass is 10.2. The smallest absolute Gasteiger partial charge is 0.339 e. The maximum Gasteiger partial charge on any atom is 0.339 e. The maximum atomic E-state index is 12.5. The Bertz CT molecular complexity index is 980. The summed E-state index contributed by atoms with van der Waals surface area (Å²) in [4.78, 5) is 38.4. The van der Waals surface area contributed by atoms with Gasteiger partial charge in [0.05, 0.1) is 12.1 Å². The molecule has 3 aromatic rings. The monoisotopic (exact) mass is 299 g/mol. The van der Waals surface area contributed by atoms with Crippen molar-refractivity contribution in [3.8, 4) is 0 Å². The van der Waals surface area contributed by atoms with Gasteiger partial charge < -0.3 is 14.7 Å². The molecule has 7 heteroatoms. The molecule has 22 heavy (non-hydrogen) atoms. The highest BCUT2D eigenvalue weighted by Gasteiger charge is 2.18. The molecule has 0 saturated heterocycles. The SMILES string of the molecule is Cn1cc(C(=O)O)c2[nH]c(=O)n(Cc3ccccc3)c(=O)c21. The lowest BCUT2D eigenvalue weighted by Crippen LogP contribution is -2.36. The summed E-state index contributed by atoms with van der Waals surface area (Å²) in [7, 11) is 1.57. The summed E-state index contributed by atoms with van der Waals surface area (Å²) in [5.41, 5.74) is -0.226. The Labute approximate surface area is 124 Å². The number of aromatic carboxylic acids is 1. The summed E-state index contributed by atoms with van der Waals surface area (Å²) in [6.45, 7) is 0.124. The van der Waals surface area contributed by atoms with E-state index in [0.717, 1.165) is 10.1 Å². The number of fused-ring (bicyclic) bond motifs is 1. The maximum absolute atomic E-state index is 12.5. The number of benzene rings is 1. The van der Waals surface area contributed by atoms with Gasteiger partial charge in [-0.15, -0.1) is 0 Å². The molecular weight excluding hydrogens is 286 g/mol. The van der Waals surface area contributed by atoms with Gasteiger partial charge in [0.15, 0.2) is 0 Å². The van der Waals surface area contributed by atoms with Crippen molar-refractivity contribution < 1.29 is 9.90 Å². The number of hydrogen-bond acceptors (Lipinski definition) is 3. The van der Waals surface area contributed by atoms with Gasteiger partial charge in [0, 0.05) is 13.2 Å². The molecule has 0 aliphatic carbocycles. The molecule has 7 nitrogen and oxygen atoms in total. The fourth-order valence-corrected chi connectivity index (χ4v) is 2.48. The number of nitrogens with zero attached hydrogens (tertiary/aromatic N) is 2. The zero-order valence-electron chi connectivity index (χ0n) is 11.7. The van der Waals surface area contributed by atoms with Crippen LogP contribution in [0.5, 0.6) is 0 Å². The number of carbonyl (C=O) groups is 1. The second-order valence-corrected chi connectivity index (χ2v) is 4.99. The fraction of sp³-hybridized carbons (Fsp3) is 0.133. The number of H-pyrrole nitrogens is 1. The van der Waals surface area contributed by atoms with E-state index in [2.05, 4.69) is 4.98 Å². The molecule has 0 saturated carbocycles. The molecule has 2 heterocycles. The average molecular weight is 299 g/mol. The highest BCUT2D eigenvalue weighted by atomic mass is 16.4. The number of aromatic nitrogens is 3. The Morgan fingerprint density at radius 1 is 1.23 bits per heavy atom. The summed E-state index contributed by atoms with van der Waals surface area (Å²) in [5.74, 6) is -1.19. The summed E-state index contributed by atoms with van der Waals surface area (Å²) < 4.78 is 2.47. The lowest BCUT2D eigenvalue weighted by molar-refractivity contribution is 0.0698. The number of aromatic amines is 1. The van der Waals surface area contributed by atoms with E-state index in [9.17, 15) is 14.4 Å². The quantitative estimate of drug-likeness (QED) is 0.746. The zero-order valence-corrected chi connectivity index (χ0v) is 11.7. The Kier molecular flexibility index (Phi) is 3.17. The Morgan fingerprint density at radius 2 is 1.91 bits per heavy atom. The van der Waals surface area contributed by atoms with Crippen LogP contribution in [0.15, 0.2) is 46.1 Å². The first-order valence-corrected chi connectivity index (χ1v) is 6.58. The Hall–Kier alpha value is -3.09. The highest BCUT2D eigenvalue weighted by molar-refractivity contribution is 6.01. The molecule has 112 valence electrons. The van der Waals surface area contributed by atoms with E-state index < -0.39 is 17.2 Å². The van der Waals surface area contributed by atoms with Gasteiger partial charge in [0.1, 0.15) is 11.1 Å². The molecule has 0 unspecified atom stereocenters. The van der Waals surface area contributed by atoms with Gasteiger partial charge in [0.2, 0.25) is 0 Å². The predicted octanol–water partition coefficient (Wildman–Crippen LogP) is 0.775. The normalized spacial score (nSPS) is 11.0. The molecule has 0 aliphatic heterocycles. The van der Waals surface area contributed by atoms with Gasteiger partial charge in [-0.3, -0.25) is 9.36 Å². The summed E-state index contributed by atoms with van der Waals surface area (Å²) >= 11 is 0. The second-order valence-electron chi connectivity index (χ2n) is 4.99. The van der Waals surface area contributed by atoms with Gasteiger partial charge >= 0.3 is 11.7 Å². The van der Waals surface area contributed by atoms with E-state index >= 15 is 0 Å². The van der Waals surface area contributed by atoms with Crippen LogP contribution in [-0.4, -0.2) is 25.2 Å². The minimum Gasteiger partial charge on any atom is -0.478 e. The van der Waals surface area contributed by atoms with E-state index in [-0.39, 0.29) is 23.1 Å². The molecule has 0 aliphatic rings. The number of aryl methyl sites for hydroxylation is 1. The van der Waals surface area contributed by atoms with Crippen molar-refractivity contribution in [1.82, 2.24) is 14.1 Å². The Morgan fingerprint density at radius 3 is 2.55 bits per heavy atom. The fourth-order valence-electron chi connectivity index (χ4n) is 2.48. The van der Waals surface area contributed by atoms with Gasteiger partial charge in [-0.2, -0.15) is 0 Å². The second kappa shape index (κ2) is 5.03. The van der Waals surface area contributed by atoms with E-state index in [1.54, 1.807) is 7.05 Å². The van der Waals surface area contributed by atoms with Crippen LogP contribution in [0.4, 0.5) is 0 Å². The number of carboxylic acid groups (broad SMARTS) is 1. The van der Waals surface area contributed by atoms with Crippen molar-refractivity contribution in [2.75, 3.05) is 0 Å². The first-order valence-electron chi connectivity index (χ1n) is 6.58. The predicted molar refractivity (Wildman–Crippen MR) is 80.3 cm³/mol. The van der Waals surface area contributed by atoms with Gasteiger partial charge in [-0.05, 0) is 5.56 Å². The zero-order chi connectivity index (χ0) is 15.9. The van der Waals surface area contributed by atoms with Crippen LogP contribution in [0.1, 0.15) is 15.9 Å². The molecule has 0 atom stereocenters. The van der Waals surface area contributed by atoms with Crippen molar-refractivity contribution in [1.29, 1.82) is 0 Å². The molecular formula is C15H13N3O4. The molecule has 1 aromatic carbocycles. The third-order valence-corrected chi connectivity index (χ3v) is 3.52. The molecule has 0 bridgehead atoms. The standard InChI is InChI=1S/C15H13N3O4/c1-17-8-10(14(20)21)11-12(17)13(19)18(15(22)16-11)7-9-5-3-2-4-6-9/h2-6,8H,7H2,1H3,(H,16,22)(H,20,21). The third kappa shape index (κ3) is 2.12. The molecule has 0 radical (unpaired) electrons. The molecule has 0 amide bonds. The molecule has 0 spiro atoms. The van der Waals surface area contributed by atoms with Crippen LogP contribution >= 0.6 is 0 Å². The topological polar surface area (TPSA) is 97.1 Å². The van der Waals surface area contributed by atoms with Crippen molar-refractivity contribution in [3.05, 3.63) is 68.5 Å². The number of rotatable bonds is 3. The van der Waals surface area contributed by atoms with Gasteiger partial charge in [0.25, 0.3) is 5.56 Å². The average Bonchev–Trinajstić information content (AvgIpc) is 2.81. The van der Waals surface area contributed by atoms with Crippen LogP contribution < -0.4 is 11.2 Å². The lowest BCUT2D eigenvalue weighted by Gasteiger charge is -2.06.